The third-order valence-electron chi connectivity index (χ3n) is 4.33. The van der Waals surface area contributed by atoms with Gasteiger partial charge >= 0.3 is 0 Å². The molecule has 2 aromatic rings. The number of ether oxygens (including phenoxy) is 1. The summed E-state index contributed by atoms with van der Waals surface area (Å²) in [4.78, 5) is 13.5. The largest absolute Gasteiger partial charge is 0.367 e. The molecule has 3 rings (SSSR count). The molecule has 0 aromatic heterocycles. The van der Waals surface area contributed by atoms with E-state index in [1.807, 2.05) is 18.2 Å². The summed E-state index contributed by atoms with van der Waals surface area (Å²) in [5.74, 6) is -0.0164. The van der Waals surface area contributed by atoms with Crippen LogP contribution in [0.2, 0.25) is 0 Å². The second-order valence-corrected chi connectivity index (χ2v) is 6.34. The zero-order valence-corrected chi connectivity index (χ0v) is 14.3. The van der Waals surface area contributed by atoms with E-state index in [0.29, 0.717) is 13.2 Å². The van der Waals surface area contributed by atoms with Crippen LogP contribution in [0.25, 0.3) is 0 Å². The van der Waals surface area contributed by atoms with Gasteiger partial charge in [0, 0.05) is 26.6 Å². The normalized spacial score (nSPS) is 18.3. The maximum atomic E-state index is 11.2. The number of amides is 1. The van der Waals surface area contributed by atoms with E-state index in [1.165, 1.54) is 16.7 Å². The third kappa shape index (κ3) is 4.02. The lowest BCUT2D eigenvalue weighted by Crippen LogP contribution is -2.28. The van der Waals surface area contributed by atoms with Crippen LogP contribution in [0.1, 0.15) is 35.3 Å². The van der Waals surface area contributed by atoms with E-state index in [2.05, 4.69) is 47.6 Å². The Morgan fingerprint density at radius 3 is 2.79 bits per heavy atom. The molecule has 0 radical (unpaired) electrons. The highest BCUT2D eigenvalue weighted by Crippen LogP contribution is 2.31. The molecule has 0 saturated heterocycles. The van der Waals surface area contributed by atoms with Crippen molar-refractivity contribution in [2.24, 2.45) is 0 Å². The summed E-state index contributed by atoms with van der Waals surface area (Å²) in [6, 6.07) is 16.8. The highest BCUT2D eigenvalue weighted by molar-refractivity contribution is 5.72. The predicted molar refractivity (Wildman–Crippen MR) is 94.5 cm³/mol. The van der Waals surface area contributed by atoms with Gasteiger partial charge in [-0.2, -0.15) is 0 Å². The molecule has 4 heteroatoms. The summed E-state index contributed by atoms with van der Waals surface area (Å²) in [6.45, 7) is 4.60. The Labute approximate surface area is 143 Å². The molecule has 0 spiro atoms. The van der Waals surface area contributed by atoms with Gasteiger partial charge in [-0.1, -0.05) is 48.5 Å². The number of nitrogens with one attached hydrogen (secondary N) is 1. The van der Waals surface area contributed by atoms with Gasteiger partial charge in [0.15, 0.2) is 0 Å². The molecule has 0 aliphatic carbocycles. The molecule has 1 atom stereocenters. The van der Waals surface area contributed by atoms with Crippen molar-refractivity contribution in [3.8, 4) is 0 Å². The topological polar surface area (TPSA) is 41.6 Å². The number of carbonyl (C=O) groups excluding carboxylic acids is 1. The summed E-state index contributed by atoms with van der Waals surface area (Å²) in [5.41, 5.74) is 4.73. The Balaban J connectivity index is 1.98. The smallest absolute Gasteiger partial charge is 0.217 e. The number of carbonyl (C=O) groups is 1. The fourth-order valence-corrected chi connectivity index (χ4v) is 3.06. The first kappa shape index (κ1) is 16.7. The summed E-state index contributed by atoms with van der Waals surface area (Å²) in [5, 5.41) is 2.87. The molecule has 0 saturated carbocycles. The molecule has 1 unspecified atom stereocenters. The van der Waals surface area contributed by atoms with Crippen LogP contribution in [0.4, 0.5) is 0 Å². The number of fused-ring (bicyclic) bond motifs is 1. The van der Waals surface area contributed by atoms with Gasteiger partial charge in [0.05, 0.1) is 6.61 Å². The van der Waals surface area contributed by atoms with Crippen LogP contribution in [0.3, 0.4) is 0 Å². The predicted octanol–water partition coefficient (Wildman–Crippen LogP) is 2.87. The quantitative estimate of drug-likeness (QED) is 0.944. The van der Waals surface area contributed by atoms with Gasteiger partial charge in [-0.3, -0.25) is 9.69 Å². The Bertz CT molecular complexity index is 700. The summed E-state index contributed by atoms with van der Waals surface area (Å²) < 4.78 is 6.22. The number of likely N-dealkylation sites (N-methyl/N-ethyl adjacent to an activating group) is 1. The maximum absolute atomic E-state index is 11.2. The van der Waals surface area contributed by atoms with Crippen molar-refractivity contribution >= 4 is 5.91 Å². The molecule has 4 nitrogen and oxygen atoms in total. The van der Waals surface area contributed by atoms with Crippen LogP contribution in [-0.4, -0.2) is 31.0 Å². The Morgan fingerprint density at radius 2 is 2.04 bits per heavy atom. The molecule has 1 aliphatic heterocycles. The monoisotopic (exact) mass is 324 g/mol. The van der Waals surface area contributed by atoms with Crippen molar-refractivity contribution in [3.05, 3.63) is 70.8 Å². The van der Waals surface area contributed by atoms with Crippen molar-refractivity contribution < 1.29 is 9.53 Å². The lowest BCUT2D eigenvalue weighted by Gasteiger charge is -2.29. The number of hydrogen-bond donors (Lipinski definition) is 1. The molecule has 126 valence electrons. The highest BCUT2D eigenvalue weighted by atomic mass is 16.5. The first-order valence-corrected chi connectivity index (χ1v) is 8.34. The molecule has 1 amide bonds. The minimum atomic E-state index is -0.0628. The molecule has 2 aromatic carbocycles. The zero-order valence-electron chi connectivity index (χ0n) is 14.3. The third-order valence-corrected chi connectivity index (χ3v) is 4.33. The van der Waals surface area contributed by atoms with E-state index in [1.54, 1.807) is 6.92 Å². The van der Waals surface area contributed by atoms with E-state index in [9.17, 15) is 4.79 Å². The van der Waals surface area contributed by atoms with Gasteiger partial charge in [0.2, 0.25) is 5.91 Å². The standard InChI is InChI=1S/C20H24N2O2/c1-15(23)21-13-16-8-9-18-14-22(2)10-11-24-20(19(18)12-16)17-6-4-3-5-7-17/h3-9,12,20H,10-11,13-14H2,1-2H3,(H,21,23). The Morgan fingerprint density at radius 1 is 1.25 bits per heavy atom. The number of nitrogens with zero attached hydrogens (tertiary/aromatic N) is 1. The Hall–Kier alpha value is -2.17. The lowest BCUT2D eigenvalue weighted by atomic mass is 9.93. The van der Waals surface area contributed by atoms with Crippen molar-refractivity contribution in [1.29, 1.82) is 0 Å². The molecule has 0 fully saturated rings. The SMILES string of the molecule is CC(=O)NCc1ccc2c(c1)C(c1ccccc1)OCCN(C)C2. The molecule has 1 N–H and O–H groups in total. The second-order valence-electron chi connectivity index (χ2n) is 6.34. The fraction of sp³-hybridized carbons (Fsp3) is 0.350. The van der Waals surface area contributed by atoms with Gasteiger partial charge in [-0.25, -0.2) is 0 Å². The molecule has 1 aliphatic rings. The number of rotatable bonds is 3. The summed E-state index contributed by atoms with van der Waals surface area (Å²) in [6.07, 6.45) is -0.0628. The van der Waals surface area contributed by atoms with Crippen LogP contribution in [0, 0.1) is 0 Å². The minimum absolute atomic E-state index is 0.0164. The average molecular weight is 324 g/mol. The second kappa shape index (κ2) is 7.60. The summed E-state index contributed by atoms with van der Waals surface area (Å²) in [7, 11) is 2.11. The van der Waals surface area contributed by atoms with Crippen LogP contribution in [0.5, 0.6) is 0 Å². The van der Waals surface area contributed by atoms with E-state index in [4.69, 9.17) is 4.74 Å². The minimum Gasteiger partial charge on any atom is -0.367 e. The van der Waals surface area contributed by atoms with E-state index < -0.39 is 0 Å². The van der Waals surface area contributed by atoms with Crippen LogP contribution in [0.15, 0.2) is 48.5 Å². The molecule has 0 bridgehead atoms. The lowest BCUT2D eigenvalue weighted by molar-refractivity contribution is -0.119. The van der Waals surface area contributed by atoms with Crippen LogP contribution in [-0.2, 0) is 22.6 Å². The fourth-order valence-electron chi connectivity index (χ4n) is 3.06. The number of hydrogen-bond acceptors (Lipinski definition) is 3. The summed E-state index contributed by atoms with van der Waals surface area (Å²) >= 11 is 0. The molecule has 24 heavy (non-hydrogen) atoms. The van der Waals surface area contributed by atoms with Crippen molar-refractivity contribution in [1.82, 2.24) is 10.2 Å². The number of benzene rings is 2. The van der Waals surface area contributed by atoms with Crippen LogP contribution < -0.4 is 5.32 Å². The van der Waals surface area contributed by atoms with Crippen molar-refractivity contribution in [2.75, 3.05) is 20.2 Å². The van der Waals surface area contributed by atoms with Gasteiger partial charge in [0.1, 0.15) is 6.10 Å². The van der Waals surface area contributed by atoms with E-state index in [-0.39, 0.29) is 12.0 Å². The molecule has 1 heterocycles. The first-order valence-electron chi connectivity index (χ1n) is 8.34. The van der Waals surface area contributed by atoms with E-state index >= 15 is 0 Å². The van der Waals surface area contributed by atoms with Crippen LogP contribution >= 0.6 is 0 Å². The van der Waals surface area contributed by atoms with Crippen molar-refractivity contribution in [2.45, 2.75) is 26.1 Å². The van der Waals surface area contributed by atoms with Gasteiger partial charge in [0.25, 0.3) is 0 Å². The Kier molecular flexibility index (Phi) is 5.28. The average Bonchev–Trinajstić information content (AvgIpc) is 2.57. The van der Waals surface area contributed by atoms with E-state index in [0.717, 1.165) is 18.7 Å². The highest BCUT2D eigenvalue weighted by Gasteiger charge is 2.22. The van der Waals surface area contributed by atoms with Gasteiger partial charge in [-0.05, 0) is 29.3 Å². The molecular weight excluding hydrogens is 300 g/mol. The zero-order chi connectivity index (χ0) is 16.9. The maximum Gasteiger partial charge on any atom is 0.217 e. The van der Waals surface area contributed by atoms with Gasteiger partial charge < -0.3 is 10.1 Å². The molecular formula is C20H24N2O2. The van der Waals surface area contributed by atoms with Gasteiger partial charge in [-0.15, -0.1) is 0 Å². The van der Waals surface area contributed by atoms with Crippen molar-refractivity contribution in [3.63, 3.8) is 0 Å². The first-order chi connectivity index (χ1) is 11.6.